The normalized spacial score (nSPS) is 17.1. The van der Waals surface area contributed by atoms with Gasteiger partial charge < -0.3 is 5.32 Å². The first-order valence-electron chi connectivity index (χ1n) is 6.20. The molecular formula is C14H21N. The molecule has 1 aliphatic rings. The van der Waals surface area contributed by atoms with E-state index in [4.69, 9.17) is 0 Å². The summed E-state index contributed by atoms with van der Waals surface area (Å²) in [5.74, 6) is 0.959. The van der Waals surface area contributed by atoms with Crippen molar-refractivity contribution in [2.45, 2.75) is 32.1 Å². The summed E-state index contributed by atoms with van der Waals surface area (Å²) in [4.78, 5) is 0. The van der Waals surface area contributed by atoms with Gasteiger partial charge in [0.2, 0.25) is 0 Å². The molecule has 0 atom stereocenters. The molecule has 1 aromatic carbocycles. The van der Waals surface area contributed by atoms with Crippen molar-refractivity contribution in [1.29, 1.82) is 0 Å². The smallest absolute Gasteiger partial charge is 0.000824 e. The first kappa shape index (κ1) is 10.7. The van der Waals surface area contributed by atoms with Gasteiger partial charge in [-0.15, -0.1) is 0 Å². The lowest BCUT2D eigenvalue weighted by Crippen LogP contribution is -2.23. The molecule has 0 amide bonds. The van der Waals surface area contributed by atoms with Crippen LogP contribution in [0.1, 0.15) is 31.2 Å². The lowest BCUT2D eigenvalue weighted by molar-refractivity contribution is 0.492. The second kappa shape index (κ2) is 5.92. The minimum Gasteiger partial charge on any atom is -0.316 e. The van der Waals surface area contributed by atoms with Gasteiger partial charge in [0.25, 0.3) is 0 Å². The summed E-state index contributed by atoms with van der Waals surface area (Å²) < 4.78 is 0. The van der Waals surface area contributed by atoms with Gasteiger partial charge in [-0.25, -0.2) is 0 Å². The van der Waals surface area contributed by atoms with Gasteiger partial charge in [0.15, 0.2) is 0 Å². The molecule has 1 heteroatoms. The Morgan fingerprint density at radius 2 is 1.80 bits per heavy atom. The molecule has 1 nitrogen and oxygen atoms in total. The van der Waals surface area contributed by atoms with Crippen LogP contribution in [-0.2, 0) is 6.42 Å². The zero-order valence-corrected chi connectivity index (χ0v) is 9.41. The zero-order valence-electron chi connectivity index (χ0n) is 9.41. The van der Waals surface area contributed by atoms with Crippen molar-refractivity contribution in [3.63, 3.8) is 0 Å². The third-order valence-electron chi connectivity index (χ3n) is 3.34. The third kappa shape index (κ3) is 3.67. The molecule has 0 aliphatic heterocycles. The number of hydrogen-bond acceptors (Lipinski definition) is 1. The molecule has 0 bridgehead atoms. The second-order valence-electron chi connectivity index (χ2n) is 4.59. The Morgan fingerprint density at radius 3 is 2.53 bits per heavy atom. The fourth-order valence-corrected chi connectivity index (χ4v) is 2.40. The van der Waals surface area contributed by atoms with Crippen LogP contribution in [0.15, 0.2) is 30.3 Å². The van der Waals surface area contributed by atoms with E-state index in [-0.39, 0.29) is 0 Å². The molecule has 0 radical (unpaired) electrons. The van der Waals surface area contributed by atoms with Crippen LogP contribution < -0.4 is 5.32 Å². The molecule has 0 heterocycles. The van der Waals surface area contributed by atoms with Gasteiger partial charge in [-0.2, -0.15) is 0 Å². The van der Waals surface area contributed by atoms with Crippen LogP contribution in [0.5, 0.6) is 0 Å². The van der Waals surface area contributed by atoms with Crippen molar-refractivity contribution in [2.24, 2.45) is 5.92 Å². The first-order chi connectivity index (χ1) is 7.45. The molecule has 0 aromatic heterocycles. The number of rotatable bonds is 5. The number of hydrogen-bond donors (Lipinski definition) is 1. The second-order valence-corrected chi connectivity index (χ2v) is 4.59. The van der Waals surface area contributed by atoms with E-state index < -0.39 is 0 Å². The third-order valence-corrected chi connectivity index (χ3v) is 3.34. The van der Waals surface area contributed by atoms with Crippen LogP contribution >= 0.6 is 0 Å². The summed E-state index contributed by atoms with van der Waals surface area (Å²) in [6, 6.07) is 10.7. The average molecular weight is 203 g/mol. The van der Waals surface area contributed by atoms with Crippen LogP contribution in [0.3, 0.4) is 0 Å². The summed E-state index contributed by atoms with van der Waals surface area (Å²) in [6.07, 6.45) is 6.94. The lowest BCUT2D eigenvalue weighted by atomic mass is 10.1. The quantitative estimate of drug-likeness (QED) is 0.725. The SMILES string of the molecule is c1ccc(CCNCC2CCCC2)cc1. The maximum Gasteiger partial charge on any atom is -0.000824 e. The molecule has 2 rings (SSSR count). The summed E-state index contributed by atoms with van der Waals surface area (Å²) in [7, 11) is 0. The monoisotopic (exact) mass is 203 g/mol. The topological polar surface area (TPSA) is 12.0 Å². The highest BCUT2D eigenvalue weighted by atomic mass is 14.9. The molecule has 0 saturated heterocycles. The molecule has 1 fully saturated rings. The van der Waals surface area contributed by atoms with Gasteiger partial charge in [0.05, 0.1) is 0 Å². The van der Waals surface area contributed by atoms with E-state index >= 15 is 0 Å². The summed E-state index contributed by atoms with van der Waals surface area (Å²) in [6.45, 7) is 2.35. The van der Waals surface area contributed by atoms with E-state index in [0.29, 0.717) is 0 Å². The Labute approximate surface area is 92.9 Å². The van der Waals surface area contributed by atoms with Crippen LogP contribution in [-0.4, -0.2) is 13.1 Å². The van der Waals surface area contributed by atoms with Crippen molar-refractivity contribution in [1.82, 2.24) is 5.32 Å². The number of benzene rings is 1. The first-order valence-corrected chi connectivity index (χ1v) is 6.20. The minimum atomic E-state index is 0.959. The Balaban J connectivity index is 1.59. The van der Waals surface area contributed by atoms with E-state index in [1.54, 1.807) is 0 Å². The summed E-state index contributed by atoms with van der Waals surface area (Å²) in [5.41, 5.74) is 1.44. The molecule has 1 N–H and O–H groups in total. The van der Waals surface area contributed by atoms with Crippen LogP contribution in [0.4, 0.5) is 0 Å². The average Bonchev–Trinajstić information content (AvgIpc) is 2.79. The Hall–Kier alpha value is -0.820. The van der Waals surface area contributed by atoms with Crippen molar-refractivity contribution in [3.05, 3.63) is 35.9 Å². The van der Waals surface area contributed by atoms with E-state index in [1.165, 1.54) is 37.8 Å². The fourth-order valence-electron chi connectivity index (χ4n) is 2.40. The van der Waals surface area contributed by atoms with E-state index in [9.17, 15) is 0 Å². The van der Waals surface area contributed by atoms with Gasteiger partial charge in [0, 0.05) is 0 Å². The molecule has 82 valence electrons. The van der Waals surface area contributed by atoms with Gasteiger partial charge in [-0.1, -0.05) is 43.2 Å². The van der Waals surface area contributed by atoms with E-state index in [1.807, 2.05) is 0 Å². The largest absolute Gasteiger partial charge is 0.316 e. The molecule has 1 saturated carbocycles. The molecule has 1 aliphatic carbocycles. The molecule has 15 heavy (non-hydrogen) atoms. The maximum atomic E-state index is 3.58. The Bertz CT molecular complexity index is 262. The lowest BCUT2D eigenvalue weighted by Gasteiger charge is -2.10. The molecule has 0 unspecified atom stereocenters. The van der Waals surface area contributed by atoms with Gasteiger partial charge in [0.1, 0.15) is 0 Å². The molecule has 0 spiro atoms. The highest BCUT2D eigenvalue weighted by Gasteiger charge is 2.13. The van der Waals surface area contributed by atoms with Crippen LogP contribution in [0, 0.1) is 5.92 Å². The predicted molar refractivity (Wildman–Crippen MR) is 65.0 cm³/mol. The standard InChI is InChI=1S/C14H21N/c1-2-6-13(7-3-1)10-11-15-12-14-8-4-5-9-14/h1-3,6-7,14-15H,4-5,8-12H2. The van der Waals surface area contributed by atoms with Crippen molar-refractivity contribution < 1.29 is 0 Å². The van der Waals surface area contributed by atoms with Crippen molar-refractivity contribution in [3.8, 4) is 0 Å². The van der Waals surface area contributed by atoms with Gasteiger partial charge >= 0.3 is 0 Å². The fraction of sp³-hybridized carbons (Fsp3) is 0.571. The van der Waals surface area contributed by atoms with E-state index in [2.05, 4.69) is 35.6 Å². The van der Waals surface area contributed by atoms with Gasteiger partial charge in [-0.05, 0) is 43.8 Å². The predicted octanol–water partition coefficient (Wildman–Crippen LogP) is 3.01. The molecule has 1 aromatic rings. The zero-order chi connectivity index (χ0) is 10.3. The van der Waals surface area contributed by atoms with Crippen LogP contribution in [0.2, 0.25) is 0 Å². The number of nitrogens with one attached hydrogen (secondary N) is 1. The Morgan fingerprint density at radius 1 is 1.07 bits per heavy atom. The van der Waals surface area contributed by atoms with Crippen molar-refractivity contribution >= 4 is 0 Å². The molecular weight excluding hydrogens is 182 g/mol. The van der Waals surface area contributed by atoms with Crippen molar-refractivity contribution in [2.75, 3.05) is 13.1 Å². The Kier molecular flexibility index (Phi) is 4.22. The summed E-state index contributed by atoms with van der Waals surface area (Å²) >= 11 is 0. The maximum absolute atomic E-state index is 3.58. The van der Waals surface area contributed by atoms with E-state index in [0.717, 1.165) is 18.9 Å². The van der Waals surface area contributed by atoms with Crippen LogP contribution in [0.25, 0.3) is 0 Å². The van der Waals surface area contributed by atoms with Gasteiger partial charge in [-0.3, -0.25) is 0 Å². The highest BCUT2D eigenvalue weighted by Crippen LogP contribution is 2.23. The summed E-state index contributed by atoms with van der Waals surface area (Å²) in [5, 5.41) is 3.58. The minimum absolute atomic E-state index is 0.959. The highest BCUT2D eigenvalue weighted by molar-refractivity contribution is 5.14.